The van der Waals surface area contributed by atoms with Crippen molar-refractivity contribution in [3.63, 3.8) is 0 Å². The summed E-state index contributed by atoms with van der Waals surface area (Å²) in [7, 11) is 3.22. The van der Waals surface area contributed by atoms with Gasteiger partial charge in [-0.1, -0.05) is 6.42 Å². The molecule has 0 spiro atoms. The van der Waals surface area contributed by atoms with E-state index in [1.807, 2.05) is 25.1 Å². The van der Waals surface area contributed by atoms with E-state index in [0.717, 1.165) is 31.5 Å². The molecule has 1 aliphatic heterocycles. The summed E-state index contributed by atoms with van der Waals surface area (Å²) in [5, 5.41) is 0. The SMILES string of the molecule is CCOC(=O)C(c1ccc(OC)cc1OC)N1CCCCC1. The Morgan fingerprint density at radius 1 is 1.18 bits per heavy atom. The first kappa shape index (κ1) is 16.6. The number of carbonyl (C=O) groups excluding carboxylic acids is 1. The lowest BCUT2D eigenvalue weighted by Crippen LogP contribution is -2.39. The third-order valence-corrected chi connectivity index (χ3v) is 4.00. The van der Waals surface area contributed by atoms with Gasteiger partial charge in [0.25, 0.3) is 0 Å². The maximum absolute atomic E-state index is 12.5. The van der Waals surface area contributed by atoms with Crippen molar-refractivity contribution >= 4 is 5.97 Å². The number of nitrogens with zero attached hydrogens (tertiary/aromatic N) is 1. The van der Waals surface area contributed by atoms with E-state index in [1.54, 1.807) is 14.2 Å². The number of esters is 1. The Morgan fingerprint density at radius 2 is 1.91 bits per heavy atom. The minimum atomic E-state index is -0.416. The summed E-state index contributed by atoms with van der Waals surface area (Å²) in [6.45, 7) is 4.01. The van der Waals surface area contributed by atoms with Crippen LogP contribution in [0.25, 0.3) is 0 Å². The molecule has 0 aliphatic carbocycles. The Balaban J connectivity index is 2.36. The van der Waals surface area contributed by atoms with Crippen molar-refractivity contribution in [3.05, 3.63) is 23.8 Å². The molecule has 1 aromatic rings. The Labute approximate surface area is 132 Å². The molecule has 1 aromatic carbocycles. The molecule has 5 heteroatoms. The van der Waals surface area contributed by atoms with Crippen molar-refractivity contribution < 1.29 is 19.0 Å². The Morgan fingerprint density at radius 3 is 2.50 bits per heavy atom. The number of benzene rings is 1. The van der Waals surface area contributed by atoms with Crippen molar-refractivity contribution in [1.29, 1.82) is 0 Å². The second kappa shape index (κ2) is 8.03. The summed E-state index contributed by atoms with van der Waals surface area (Å²) >= 11 is 0. The quantitative estimate of drug-likeness (QED) is 0.756. The minimum absolute atomic E-state index is 0.215. The van der Waals surface area contributed by atoms with Gasteiger partial charge in [-0.2, -0.15) is 0 Å². The summed E-state index contributed by atoms with van der Waals surface area (Å²) in [5.41, 5.74) is 0.837. The van der Waals surface area contributed by atoms with E-state index in [9.17, 15) is 4.79 Å². The zero-order chi connectivity index (χ0) is 15.9. The molecule has 0 bridgehead atoms. The highest BCUT2D eigenvalue weighted by atomic mass is 16.5. The lowest BCUT2D eigenvalue weighted by atomic mass is 10.0. The molecular weight excluding hydrogens is 282 g/mol. The van der Waals surface area contributed by atoms with Crippen molar-refractivity contribution in [2.75, 3.05) is 33.9 Å². The number of rotatable bonds is 6. The largest absolute Gasteiger partial charge is 0.497 e. The van der Waals surface area contributed by atoms with E-state index in [1.165, 1.54) is 6.42 Å². The molecule has 1 aliphatic rings. The molecular formula is C17H25NO4. The fourth-order valence-electron chi connectivity index (χ4n) is 2.91. The first-order valence-electron chi connectivity index (χ1n) is 7.83. The first-order chi connectivity index (χ1) is 10.7. The molecule has 2 rings (SSSR count). The zero-order valence-electron chi connectivity index (χ0n) is 13.6. The first-order valence-corrected chi connectivity index (χ1v) is 7.83. The van der Waals surface area contributed by atoms with Gasteiger partial charge in [-0.15, -0.1) is 0 Å². The van der Waals surface area contributed by atoms with Gasteiger partial charge in [0, 0.05) is 11.6 Å². The molecule has 0 radical (unpaired) electrons. The molecule has 1 saturated heterocycles. The van der Waals surface area contributed by atoms with Crippen LogP contribution < -0.4 is 9.47 Å². The topological polar surface area (TPSA) is 48.0 Å². The maximum Gasteiger partial charge on any atom is 0.328 e. The second-order valence-corrected chi connectivity index (χ2v) is 5.36. The highest BCUT2D eigenvalue weighted by Gasteiger charge is 2.32. The van der Waals surface area contributed by atoms with E-state index < -0.39 is 6.04 Å². The fourth-order valence-corrected chi connectivity index (χ4v) is 2.91. The van der Waals surface area contributed by atoms with Gasteiger partial charge in [-0.05, 0) is 45.0 Å². The highest BCUT2D eigenvalue weighted by Crippen LogP contribution is 2.34. The molecule has 22 heavy (non-hydrogen) atoms. The van der Waals surface area contributed by atoms with Crippen LogP contribution in [0.2, 0.25) is 0 Å². The van der Waals surface area contributed by atoms with Crippen molar-refractivity contribution in [3.8, 4) is 11.5 Å². The van der Waals surface area contributed by atoms with E-state index >= 15 is 0 Å². The van der Waals surface area contributed by atoms with Crippen LogP contribution in [-0.2, 0) is 9.53 Å². The second-order valence-electron chi connectivity index (χ2n) is 5.36. The molecule has 0 amide bonds. The van der Waals surface area contributed by atoms with Gasteiger partial charge in [0.1, 0.15) is 17.5 Å². The van der Waals surface area contributed by atoms with Crippen LogP contribution in [0.4, 0.5) is 0 Å². The standard InChI is InChI=1S/C17H25NO4/c1-4-22-17(19)16(18-10-6-5-7-11-18)14-9-8-13(20-2)12-15(14)21-3/h8-9,12,16H,4-7,10-11H2,1-3H3. The van der Waals surface area contributed by atoms with Gasteiger partial charge in [0.15, 0.2) is 0 Å². The monoisotopic (exact) mass is 307 g/mol. The van der Waals surface area contributed by atoms with E-state index in [-0.39, 0.29) is 5.97 Å². The van der Waals surface area contributed by atoms with Gasteiger partial charge < -0.3 is 14.2 Å². The van der Waals surface area contributed by atoms with Crippen molar-refractivity contribution in [1.82, 2.24) is 4.90 Å². The molecule has 1 heterocycles. The molecule has 5 nitrogen and oxygen atoms in total. The normalized spacial score (nSPS) is 16.9. The van der Waals surface area contributed by atoms with Crippen LogP contribution in [0.5, 0.6) is 11.5 Å². The summed E-state index contributed by atoms with van der Waals surface area (Å²) in [6.07, 6.45) is 3.43. The van der Waals surface area contributed by atoms with Crippen LogP contribution in [0.3, 0.4) is 0 Å². The predicted octanol–water partition coefficient (Wildman–Crippen LogP) is 2.79. The van der Waals surface area contributed by atoms with Crippen LogP contribution in [0.15, 0.2) is 18.2 Å². The van der Waals surface area contributed by atoms with Gasteiger partial charge in [-0.25, -0.2) is 4.79 Å². The number of hydrogen-bond acceptors (Lipinski definition) is 5. The molecule has 0 N–H and O–H groups in total. The summed E-state index contributed by atoms with van der Waals surface area (Å²) < 4.78 is 16.0. The average Bonchev–Trinajstić information content (AvgIpc) is 2.56. The molecule has 122 valence electrons. The van der Waals surface area contributed by atoms with Crippen LogP contribution >= 0.6 is 0 Å². The highest BCUT2D eigenvalue weighted by molar-refractivity contribution is 5.79. The van der Waals surface area contributed by atoms with Crippen molar-refractivity contribution in [2.45, 2.75) is 32.2 Å². The molecule has 1 fully saturated rings. The lowest BCUT2D eigenvalue weighted by molar-refractivity contribution is -0.150. The Bertz CT molecular complexity index is 497. The van der Waals surface area contributed by atoms with Gasteiger partial charge in [0.05, 0.1) is 20.8 Å². The number of likely N-dealkylation sites (tertiary alicyclic amines) is 1. The van der Waals surface area contributed by atoms with E-state index in [0.29, 0.717) is 18.1 Å². The maximum atomic E-state index is 12.5. The molecule has 1 atom stereocenters. The number of carbonyl (C=O) groups is 1. The Hall–Kier alpha value is -1.75. The van der Waals surface area contributed by atoms with Crippen LogP contribution in [0, 0.1) is 0 Å². The van der Waals surface area contributed by atoms with Crippen molar-refractivity contribution in [2.24, 2.45) is 0 Å². The third-order valence-electron chi connectivity index (χ3n) is 4.00. The molecule has 0 saturated carbocycles. The van der Waals surface area contributed by atoms with Crippen LogP contribution in [0.1, 0.15) is 37.8 Å². The van der Waals surface area contributed by atoms with E-state index in [4.69, 9.17) is 14.2 Å². The summed E-state index contributed by atoms with van der Waals surface area (Å²) in [6, 6.07) is 5.15. The zero-order valence-corrected chi connectivity index (χ0v) is 13.6. The summed E-state index contributed by atoms with van der Waals surface area (Å²) in [5.74, 6) is 1.15. The molecule has 0 aromatic heterocycles. The fraction of sp³-hybridized carbons (Fsp3) is 0.588. The van der Waals surface area contributed by atoms with E-state index in [2.05, 4.69) is 4.90 Å². The molecule has 1 unspecified atom stereocenters. The Kier molecular flexibility index (Phi) is 6.07. The minimum Gasteiger partial charge on any atom is -0.497 e. The van der Waals surface area contributed by atoms with Gasteiger partial charge in [-0.3, -0.25) is 4.90 Å². The number of ether oxygens (including phenoxy) is 3. The third kappa shape index (κ3) is 3.71. The lowest BCUT2D eigenvalue weighted by Gasteiger charge is -2.33. The van der Waals surface area contributed by atoms with Gasteiger partial charge >= 0.3 is 5.97 Å². The predicted molar refractivity (Wildman–Crippen MR) is 84.3 cm³/mol. The number of methoxy groups -OCH3 is 2. The summed E-state index contributed by atoms with van der Waals surface area (Å²) in [4.78, 5) is 14.7. The smallest absolute Gasteiger partial charge is 0.328 e. The average molecular weight is 307 g/mol. The van der Waals surface area contributed by atoms with Crippen LogP contribution in [-0.4, -0.2) is 44.8 Å². The number of hydrogen-bond donors (Lipinski definition) is 0. The van der Waals surface area contributed by atoms with Gasteiger partial charge in [0.2, 0.25) is 0 Å². The number of piperidine rings is 1.